The summed E-state index contributed by atoms with van der Waals surface area (Å²) < 4.78 is 10.6. The molecule has 1 amide bonds. The lowest BCUT2D eigenvalue weighted by Gasteiger charge is -2.39. The van der Waals surface area contributed by atoms with E-state index in [9.17, 15) is 4.79 Å². The van der Waals surface area contributed by atoms with Crippen molar-refractivity contribution in [2.75, 3.05) is 18.7 Å². The highest BCUT2D eigenvalue weighted by atomic mass is 16.7. The van der Waals surface area contributed by atoms with Crippen molar-refractivity contribution in [3.8, 4) is 11.5 Å². The Labute approximate surface area is 134 Å². The van der Waals surface area contributed by atoms with E-state index in [4.69, 9.17) is 9.47 Å². The van der Waals surface area contributed by atoms with Crippen LogP contribution in [0.15, 0.2) is 48.5 Å². The second-order valence-corrected chi connectivity index (χ2v) is 5.82. The molecule has 2 aromatic carbocycles. The Bertz CT molecular complexity index is 717. The molecule has 4 rings (SSSR count). The van der Waals surface area contributed by atoms with Crippen molar-refractivity contribution in [1.29, 1.82) is 0 Å². The van der Waals surface area contributed by atoms with Crippen LogP contribution in [0.4, 0.5) is 5.69 Å². The number of hydrogen-bond donors (Lipinski definition) is 1. The normalized spacial score (nSPS) is 19.2. The third-order valence-electron chi connectivity index (χ3n) is 4.30. The van der Waals surface area contributed by atoms with E-state index in [0.717, 1.165) is 30.9 Å². The van der Waals surface area contributed by atoms with Crippen LogP contribution in [0.2, 0.25) is 0 Å². The molecule has 2 heterocycles. The number of anilines is 1. The molecular weight excluding hydrogens is 292 g/mol. The van der Waals surface area contributed by atoms with E-state index in [1.165, 1.54) is 5.56 Å². The lowest BCUT2D eigenvalue weighted by molar-refractivity contribution is -0.125. The molecule has 118 valence electrons. The highest BCUT2D eigenvalue weighted by Crippen LogP contribution is 2.34. The topological polar surface area (TPSA) is 50.8 Å². The fourth-order valence-corrected chi connectivity index (χ4v) is 2.94. The molecule has 2 aliphatic rings. The smallest absolute Gasteiger partial charge is 0.241 e. The first kappa shape index (κ1) is 14.1. The molecule has 5 nitrogen and oxygen atoms in total. The van der Waals surface area contributed by atoms with E-state index >= 15 is 0 Å². The summed E-state index contributed by atoms with van der Waals surface area (Å²) >= 11 is 0. The van der Waals surface area contributed by atoms with Gasteiger partial charge in [0.15, 0.2) is 11.5 Å². The number of carbonyl (C=O) groups excluding carboxylic acids is 1. The Balaban J connectivity index is 1.39. The van der Waals surface area contributed by atoms with Gasteiger partial charge in [0, 0.05) is 24.8 Å². The predicted octanol–water partition coefficient (Wildman–Crippen LogP) is 2.63. The number of hydrogen-bond acceptors (Lipinski definition) is 4. The maximum atomic E-state index is 12.5. The molecule has 5 heteroatoms. The standard InChI is InChI=1S/C18H18N2O3/c21-18(19-14-6-7-16-17(10-14)23-12-22-16)15-8-9-20(15)11-13-4-2-1-3-5-13/h1-7,10,15H,8-9,11-12H2,(H,19,21). The quantitative estimate of drug-likeness (QED) is 0.943. The molecular formula is C18H18N2O3. The van der Waals surface area contributed by atoms with Gasteiger partial charge in [-0.3, -0.25) is 9.69 Å². The monoisotopic (exact) mass is 310 g/mol. The van der Waals surface area contributed by atoms with Crippen molar-refractivity contribution in [1.82, 2.24) is 4.90 Å². The van der Waals surface area contributed by atoms with Crippen LogP contribution in [-0.2, 0) is 11.3 Å². The molecule has 2 aromatic rings. The first-order valence-corrected chi connectivity index (χ1v) is 7.78. The third kappa shape index (κ3) is 2.87. The van der Waals surface area contributed by atoms with E-state index < -0.39 is 0 Å². The second kappa shape index (κ2) is 5.93. The van der Waals surface area contributed by atoms with Crippen molar-refractivity contribution in [2.24, 2.45) is 0 Å². The van der Waals surface area contributed by atoms with Crippen molar-refractivity contribution in [3.63, 3.8) is 0 Å². The minimum absolute atomic E-state index is 0.0334. The number of benzene rings is 2. The number of rotatable bonds is 4. The van der Waals surface area contributed by atoms with Gasteiger partial charge in [0.2, 0.25) is 12.7 Å². The van der Waals surface area contributed by atoms with Crippen LogP contribution < -0.4 is 14.8 Å². The van der Waals surface area contributed by atoms with Crippen LogP contribution >= 0.6 is 0 Å². The number of nitrogens with zero attached hydrogens (tertiary/aromatic N) is 1. The highest BCUT2D eigenvalue weighted by Gasteiger charge is 2.34. The predicted molar refractivity (Wildman–Crippen MR) is 86.5 cm³/mol. The van der Waals surface area contributed by atoms with Gasteiger partial charge >= 0.3 is 0 Å². The molecule has 0 radical (unpaired) electrons. The molecule has 2 aliphatic heterocycles. The molecule has 1 fully saturated rings. The Morgan fingerprint density at radius 3 is 2.74 bits per heavy atom. The lowest BCUT2D eigenvalue weighted by Crippen LogP contribution is -2.53. The van der Waals surface area contributed by atoms with Crippen molar-refractivity contribution >= 4 is 11.6 Å². The van der Waals surface area contributed by atoms with Crippen LogP contribution in [0.5, 0.6) is 11.5 Å². The maximum Gasteiger partial charge on any atom is 0.241 e. The maximum absolute atomic E-state index is 12.5. The molecule has 1 unspecified atom stereocenters. The molecule has 1 N–H and O–H groups in total. The number of amides is 1. The zero-order chi connectivity index (χ0) is 15.6. The SMILES string of the molecule is O=C(Nc1ccc2c(c1)OCO2)C1CCN1Cc1ccccc1. The number of likely N-dealkylation sites (tertiary alicyclic amines) is 1. The van der Waals surface area contributed by atoms with E-state index in [2.05, 4.69) is 22.3 Å². The first-order chi connectivity index (χ1) is 11.3. The van der Waals surface area contributed by atoms with Crippen LogP contribution in [0.25, 0.3) is 0 Å². The van der Waals surface area contributed by atoms with Crippen LogP contribution in [0.1, 0.15) is 12.0 Å². The average Bonchev–Trinajstić information content (AvgIpc) is 3.00. The summed E-state index contributed by atoms with van der Waals surface area (Å²) in [7, 11) is 0. The van der Waals surface area contributed by atoms with Gasteiger partial charge in [-0.05, 0) is 24.1 Å². The molecule has 1 atom stereocenters. The highest BCUT2D eigenvalue weighted by molar-refractivity contribution is 5.95. The average molecular weight is 310 g/mol. The number of carbonyl (C=O) groups is 1. The molecule has 0 aromatic heterocycles. The number of ether oxygens (including phenoxy) is 2. The molecule has 1 saturated heterocycles. The number of fused-ring (bicyclic) bond motifs is 1. The molecule has 0 saturated carbocycles. The zero-order valence-electron chi connectivity index (χ0n) is 12.7. The summed E-state index contributed by atoms with van der Waals surface area (Å²) in [6.45, 7) is 1.99. The summed E-state index contributed by atoms with van der Waals surface area (Å²) in [5, 5.41) is 2.97. The van der Waals surface area contributed by atoms with Gasteiger partial charge < -0.3 is 14.8 Å². The van der Waals surface area contributed by atoms with Crippen LogP contribution in [0, 0.1) is 0 Å². The van der Waals surface area contributed by atoms with Crippen molar-refractivity contribution < 1.29 is 14.3 Å². The van der Waals surface area contributed by atoms with Crippen LogP contribution in [0.3, 0.4) is 0 Å². The third-order valence-corrected chi connectivity index (χ3v) is 4.30. The van der Waals surface area contributed by atoms with Gasteiger partial charge in [-0.2, -0.15) is 0 Å². The molecule has 23 heavy (non-hydrogen) atoms. The summed E-state index contributed by atoms with van der Waals surface area (Å²) in [5.74, 6) is 1.43. The Morgan fingerprint density at radius 2 is 1.96 bits per heavy atom. The Kier molecular flexibility index (Phi) is 3.63. The summed E-state index contributed by atoms with van der Waals surface area (Å²) in [6.07, 6.45) is 0.892. The van der Waals surface area contributed by atoms with E-state index in [1.807, 2.05) is 30.3 Å². The molecule has 0 spiro atoms. The van der Waals surface area contributed by atoms with Crippen molar-refractivity contribution in [3.05, 3.63) is 54.1 Å². The fourth-order valence-electron chi connectivity index (χ4n) is 2.94. The summed E-state index contributed by atoms with van der Waals surface area (Å²) in [6, 6.07) is 15.6. The van der Waals surface area contributed by atoms with Gasteiger partial charge in [0.05, 0.1) is 6.04 Å². The second-order valence-electron chi connectivity index (χ2n) is 5.82. The summed E-state index contributed by atoms with van der Waals surface area (Å²) in [5.41, 5.74) is 1.97. The summed E-state index contributed by atoms with van der Waals surface area (Å²) in [4.78, 5) is 14.7. The van der Waals surface area contributed by atoms with E-state index in [0.29, 0.717) is 5.75 Å². The van der Waals surface area contributed by atoms with Gasteiger partial charge in [-0.1, -0.05) is 30.3 Å². The lowest BCUT2D eigenvalue weighted by atomic mass is 10.0. The fraction of sp³-hybridized carbons (Fsp3) is 0.278. The number of nitrogens with one attached hydrogen (secondary N) is 1. The van der Waals surface area contributed by atoms with E-state index in [1.54, 1.807) is 6.07 Å². The minimum atomic E-state index is -0.0689. The van der Waals surface area contributed by atoms with Gasteiger partial charge in [0.25, 0.3) is 0 Å². The molecule has 0 aliphatic carbocycles. The van der Waals surface area contributed by atoms with Crippen molar-refractivity contribution in [2.45, 2.75) is 19.0 Å². The largest absolute Gasteiger partial charge is 0.454 e. The van der Waals surface area contributed by atoms with Crippen LogP contribution in [-0.4, -0.2) is 30.2 Å². The molecule has 0 bridgehead atoms. The Morgan fingerprint density at radius 1 is 1.13 bits per heavy atom. The van der Waals surface area contributed by atoms with Gasteiger partial charge in [0.1, 0.15) is 0 Å². The Hall–Kier alpha value is -2.53. The van der Waals surface area contributed by atoms with Gasteiger partial charge in [-0.25, -0.2) is 0 Å². The first-order valence-electron chi connectivity index (χ1n) is 7.78. The zero-order valence-corrected chi connectivity index (χ0v) is 12.7. The van der Waals surface area contributed by atoms with E-state index in [-0.39, 0.29) is 18.7 Å². The van der Waals surface area contributed by atoms with Gasteiger partial charge in [-0.15, -0.1) is 0 Å². The minimum Gasteiger partial charge on any atom is -0.454 e.